The van der Waals surface area contributed by atoms with E-state index in [2.05, 4.69) is 15.9 Å². The lowest BCUT2D eigenvalue weighted by Gasteiger charge is -1.97. The molecule has 0 aliphatic carbocycles. The number of halogens is 2. The van der Waals surface area contributed by atoms with Gasteiger partial charge in [-0.15, -0.1) is 11.3 Å². The van der Waals surface area contributed by atoms with Crippen molar-refractivity contribution < 1.29 is 9.18 Å². The highest BCUT2D eigenvalue weighted by Crippen LogP contribution is 2.22. The van der Waals surface area contributed by atoms with Crippen molar-refractivity contribution in [1.82, 2.24) is 0 Å². The highest BCUT2D eigenvalue weighted by Gasteiger charge is 2.10. The number of thiophene rings is 1. The fourth-order valence-corrected chi connectivity index (χ4v) is 2.33. The third-order valence-electron chi connectivity index (χ3n) is 1.94. The number of carbonyl (C=O) groups is 1. The summed E-state index contributed by atoms with van der Waals surface area (Å²) in [7, 11) is 0. The second kappa shape index (κ2) is 4.24. The molecule has 0 amide bonds. The van der Waals surface area contributed by atoms with E-state index in [-0.39, 0.29) is 11.6 Å². The van der Waals surface area contributed by atoms with E-state index >= 15 is 0 Å². The van der Waals surface area contributed by atoms with E-state index in [0.717, 1.165) is 3.79 Å². The van der Waals surface area contributed by atoms with Crippen LogP contribution in [-0.4, -0.2) is 5.78 Å². The minimum absolute atomic E-state index is 0.0862. The minimum Gasteiger partial charge on any atom is -0.289 e. The van der Waals surface area contributed by atoms with Gasteiger partial charge in [-0.1, -0.05) is 0 Å². The van der Waals surface area contributed by atoms with Crippen LogP contribution in [0.4, 0.5) is 4.39 Å². The molecular weight excluding hydrogens is 279 g/mol. The monoisotopic (exact) mass is 284 g/mol. The van der Waals surface area contributed by atoms with Gasteiger partial charge in [-0.3, -0.25) is 4.79 Å². The summed E-state index contributed by atoms with van der Waals surface area (Å²) in [4.78, 5) is 11.8. The zero-order valence-corrected chi connectivity index (χ0v) is 9.94. The Bertz CT molecular complexity index is 490. The quantitative estimate of drug-likeness (QED) is 0.765. The molecule has 2 aromatic rings. The number of benzene rings is 1. The second-order valence-electron chi connectivity index (χ2n) is 2.98. The van der Waals surface area contributed by atoms with Crippen molar-refractivity contribution in [2.75, 3.05) is 0 Å². The first kappa shape index (κ1) is 10.5. The van der Waals surface area contributed by atoms with Gasteiger partial charge in [0.25, 0.3) is 0 Å². The van der Waals surface area contributed by atoms with Crippen LogP contribution in [0.5, 0.6) is 0 Å². The molecule has 0 fully saturated rings. The van der Waals surface area contributed by atoms with Crippen molar-refractivity contribution in [3.05, 3.63) is 56.4 Å². The average molecular weight is 285 g/mol. The van der Waals surface area contributed by atoms with E-state index < -0.39 is 0 Å². The van der Waals surface area contributed by atoms with E-state index in [0.29, 0.717) is 11.1 Å². The maximum atomic E-state index is 12.6. The predicted octanol–water partition coefficient (Wildman–Crippen LogP) is 3.88. The fraction of sp³-hybridized carbons (Fsp3) is 0. The van der Waals surface area contributed by atoms with Crippen LogP contribution in [0.1, 0.15) is 15.9 Å². The van der Waals surface area contributed by atoms with E-state index in [9.17, 15) is 9.18 Å². The standard InChI is InChI=1S/C11H6BrFOS/c12-10-5-8(6-15-10)11(14)7-1-3-9(13)4-2-7/h1-6H. The van der Waals surface area contributed by atoms with Crippen LogP contribution >= 0.6 is 27.3 Å². The SMILES string of the molecule is O=C(c1ccc(F)cc1)c1csc(Br)c1. The molecule has 0 N–H and O–H groups in total. The summed E-state index contributed by atoms with van der Waals surface area (Å²) in [5, 5.41) is 1.77. The van der Waals surface area contributed by atoms with Crippen LogP contribution in [0.2, 0.25) is 0 Å². The van der Waals surface area contributed by atoms with Crippen LogP contribution < -0.4 is 0 Å². The van der Waals surface area contributed by atoms with Crippen LogP contribution in [0, 0.1) is 5.82 Å². The van der Waals surface area contributed by atoms with Gasteiger partial charge >= 0.3 is 0 Å². The Morgan fingerprint density at radius 3 is 2.40 bits per heavy atom. The molecule has 0 radical (unpaired) electrons. The molecule has 1 aromatic carbocycles. The smallest absolute Gasteiger partial charge is 0.193 e. The molecule has 15 heavy (non-hydrogen) atoms. The number of hydrogen-bond donors (Lipinski definition) is 0. The molecule has 0 aliphatic rings. The molecule has 0 spiro atoms. The molecule has 4 heteroatoms. The van der Waals surface area contributed by atoms with Gasteiger partial charge in [0.15, 0.2) is 5.78 Å². The summed E-state index contributed by atoms with van der Waals surface area (Å²) < 4.78 is 13.6. The van der Waals surface area contributed by atoms with E-state index in [4.69, 9.17) is 0 Å². The zero-order valence-electron chi connectivity index (χ0n) is 7.54. The van der Waals surface area contributed by atoms with Crippen molar-refractivity contribution in [3.8, 4) is 0 Å². The van der Waals surface area contributed by atoms with Crippen molar-refractivity contribution in [1.29, 1.82) is 0 Å². The van der Waals surface area contributed by atoms with Gasteiger partial charge in [-0.05, 0) is 46.3 Å². The molecule has 0 atom stereocenters. The predicted molar refractivity (Wildman–Crippen MR) is 61.9 cm³/mol. The van der Waals surface area contributed by atoms with Gasteiger partial charge in [0.05, 0.1) is 3.79 Å². The summed E-state index contributed by atoms with van der Waals surface area (Å²) in [6.45, 7) is 0. The van der Waals surface area contributed by atoms with Crippen LogP contribution in [-0.2, 0) is 0 Å². The van der Waals surface area contributed by atoms with Gasteiger partial charge in [0, 0.05) is 16.5 Å². The summed E-state index contributed by atoms with van der Waals surface area (Å²) in [5.74, 6) is -0.421. The number of hydrogen-bond acceptors (Lipinski definition) is 2. The largest absolute Gasteiger partial charge is 0.289 e. The first-order valence-corrected chi connectivity index (χ1v) is 5.88. The molecular formula is C11H6BrFOS. The topological polar surface area (TPSA) is 17.1 Å². The first-order chi connectivity index (χ1) is 7.16. The maximum Gasteiger partial charge on any atom is 0.193 e. The second-order valence-corrected chi connectivity index (χ2v) is 5.27. The van der Waals surface area contributed by atoms with E-state index in [1.54, 1.807) is 11.4 Å². The molecule has 0 saturated heterocycles. The third kappa shape index (κ3) is 2.33. The normalized spacial score (nSPS) is 10.3. The fourth-order valence-electron chi connectivity index (χ4n) is 1.20. The van der Waals surface area contributed by atoms with E-state index in [1.165, 1.54) is 35.6 Å². The van der Waals surface area contributed by atoms with Gasteiger partial charge in [-0.2, -0.15) is 0 Å². The number of carbonyl (C=O) groups excluding carboxylic acids is 1. The van der Waals surface area contributed by atoms with Crippen molar-refractivity contribution in [2.24, 2.45) is 0 Å². The highest BCUT2D eigenvalue weighted by molar-refractivity contribution is 9.11. The number of rotatable bonds is 2. The Morgan fingerprint density at radius 1 is 1.20 bits per heavy atom. The Morgan fingerprint density at radius 2 is 1.87 bits per heavy atom. The highest BCUT2D eigenvalue weighted by atomic mass is 79.9. The Hall–Kier alpha value is -1.00. The van der Waals surface area contributed by atoms with Crippen LogP contribution in [0.25, 0.3) is 0 Å². The lowest BCUT2D eigenvalue weighted by atomic mass is 10.1. The van der Waals surface area contributed by atoms with Crippen LogP contribution in [0.3, 0.4) is 0 Å². The van der Waals surface area contributed by atoms with Crippen LogP contribution in [0.15, 0.2) is 39.5 Å². The van der Waals surface area contributed by atoms with Gasteiger partial charge < -0.3 is 0 Å². The maximum absolute atomic E-state index is 12.6. The summed E-state index contributed by atoms with van der Waals surface area (Å²) in [5.41, 5.74) is 1.13. The Labute approximate surface area is 98.7 Å². The summed E-state index contributed by atoms with van der Waals surface area (Å²) in [6.07, 6.45) is 0. The van der Waals surface area contributed by atoms with Gasteiger partial charge in [-0.25, -0.2) is 4.39 Å². The van der Waals surface area contributed by atoms with Gasteiger partial charge in [0.1, 0.15) is 5.82 Å². The molecule has 1 heterocycles. The summed E-state index contributed by atoms with van der Waals surface area (Å²) in [6, 6.07) is 7.31. The Balaban J connectivity index is 2.32. The minimum atomic E-state index is -0.335. The molecule has 2 rings (SSSR count). The lowest BCUT2D eigenvalue weighted by Crippen LogP contribution is -1.98. The van der Waals surface area contributed by atoms with Gasteiger partial charge in [0.2, 0.25) is 0 Å². The molecule has 1 aromatic heterocycles. The molecule has 0 bridgehead atoms. The molecule has 76 valence electrons. The van der Waals surface area contributed by atoms with E-state index in [1.807, 2.05) is 0 Å². The zero-order chi connectivity index (χ0) is 10.8. The molecule has 1 nitrogen and oxygen atoms in total. The number of ketones is 1. The lowest BCUT2D eigenvalue weighted by molar-refractivity contribution is 0.103. The first-order valence-electron chi connectivity index (χ1n) is 4.21. The molecule has 0 saturated carbocycles. The summed E-state index contributed by atoms with van der Waals surface area (Å²) >= 11 is 4.74. The van der Waals surface area contributed by atoms with Crippen molar-refractivity contribution in [2.45, 2.75) is 0 Å². The van der Waals surface area contributed by atoms with Crippen molar-refractivity contribution in [3.63, 3.8) is 0 Å². The Kier molecular flexibility index (Phi) is 2.98. The molecule has 0 aliphatic heterocycles. The third-order valence-corrected chi connectivity index (χ3v) is 3.44. The average Bonchev–Trinajstić information content (AvgIpc) is 2.65. The van der Waals surface area contributed by atoms with Crippen molar-refractivity contribution >= 4 is 33.0 Å². The molecule has 0 unspecified atom stereocenters.